The lowest BCUT2D eigenvalue weighted by atomic mass is 9.97. The number of fused-ring (bicyclic) bond motifs is 3. The molecule has 5 rings (SSSR count). The van der Waals surface area contributed by atoms with E-state index < -0.39 is 0 Å². The molecule has 0 unspecified atom stereocenters. The van der Waals surface area contributed by atoms with Crippen LogP contribution in [0.4, 0.5) is 4.79 Å². The predicted molar refractivity (Wildman–Crippen MR) is 139 cm³/mol. The van der Waals surface area contributed by atoms with Crippen LogP contribution in [0.5, 0.6) is 0 Å². The van der Waals surface area contributed by atoms with E-state index in [1.807, 2.05) is 48.6 Å². The van der Waals surface area contributed by atoms with Gasteiger partial charge in [0.05, 0.1) is 29.7 Å². The summed E-state index contributed by atoms with van der Waals surface area (Å²) in [6.45, 7) is 10.9. The van der Waals surface area contributed by atoms with Gasteiger partial charge in [-0.25, -0.2) is 9.48 Å². The number of aryl methyl sites for hydroxylation is 1. The number of benzene rings is 2. The molecule has 0 saturated carbocycles. The van der Waals surface area contributed by atoms with E-state index in [1.54, 1.807) is 0 Å². The highest BCUT2D eigenvalue weighted by Gasteiger charge is 2.36. The number of hydrogen-bond acceptors (Lipinski definition) is 2. The van der Waals surface area contributed by atoms with Crippen molar-refractivity contribution in [2.75, 3.05) is 0 Å². The minimum atomic E-state index is -0.235. The lowest BCUT2D eigenvalue weighted by Crippen LogP contribution is -2.44. The molecule has 1 aliphatic rings. The van der Waals surface area contributed by atoms with Crippen LogP contribution in [0.1, 0.15) is 67.7 Å². The van der Waals surface area contributed by atoms with E-state index >= 15 is 0 Å². The highest BCUT2D eigenvalue weighted by Crippen LogP contribution is 2.38. The van der Waals surface area contributed by atoms with Crippen molar-refractivity contribution in [2.24, 2.45) is 0 Å². The largest absolute Gasteiger partial charge is 0.336 e. The van der Waals surface area contributed by atoms with E-state index in [9.17, 15) is 4.79 Å². The first-order valence-corrected chi connectivity index (χ1v) is 12.3. The molecule has 6 heteroatoms. The second kappa shape index (κ2) is 9.10. The number of carbonyl (C=O) groups is 1. The molecule has 2 amide bonds. The minimum Gasteiger partial charge on any atom is -0.336 e. The molecule has 0 radical (unpaired) electrons. The van der Waals surface area contributed by atoms with Gasteiger partial charge in [0.25, 0.3) is 0 Å². The molecule has 1 N–H and O–H groups in total. The van der Waals surface area contributed by atoms with Crippen LogP contribution in [0, 0.1) is 6.92 Å². The summed E-state index contributed by atoms with van der Waals surface area (Å²) >= 11 is 0. The molecule has 1 atom stereocenters. The van der Waals surface area contributed by atoms with Crippen molar-refractivity contribution in [3.8, 4) is 11.5 Å². The average Bonchev–Trinajstić information content (AvgIpc) is 3.40. The molecule has 180 valence electrons. The third-order valence-corrected chi connectivity index (χ3v) is 6.68. The molecule has 2 aromatic heterocycles. The summed E-state index contributed by atoms with van der Waals surface area (Å²) in [4.78, 5) is 15.6. The zero-order valence-corrected chi connectivity index (χ0v) is 21.1. The first kappa shape index (κ1) is 23.0. The summed E-state index contributed by atoms with van der Waals surface area (Å²) in [5.41, 5.74) is 6.38. The molecule has 0 saturated heterocycles. The molecule has 0 spiro atoms. The Bertz CT molecular complexity index is 1330. The number of aromatic nitrogens is 3. The summed E-state index contributed by atoms with van der Waals surface area (Å²) in [5.74, 6) is 1.43. The SMILES string of the molecule is Cc1nn(-c2ccccc2)c2c1CN(C(=O)NC(C)C)[C@@H](c1ccc(C(C)C)cc1)c1cccn1-2. The maximum atomic E-state index is 13.6. The second-order valence-corrected chi connectivity index (χ2v) is 9.89. The number of rotatable bonds is 4. The van der Waals surface area contributed by atoms with Gasteiger partial charge in [-0.15, -0.1) is 0 Å². The molecule has 3 heterocycles. The van der Waals surface area contributed by atoms with E-state index in [-0.39, 0.29) is 18.1 Å². The topological polar surface area (TPSA) is 55.1 Å². The molecule has 1 aliphatic heterocycles. The van der Waals surface area contributed by atoms with E-state index in [1.165, 1.54) is 5.56 Å². The van der Waals surface area contributed by atoms with Gasteiger partial charge in [0.15, 0.2) is 0 Å². The van der Waals surface area contributed by atoms with E-state index in [0.717, 1.165) is 34.0 Å². The maximum Gasteiger partial charge on any atom is 0.318 e. The molecular formula is C29H33N5O. The van der Waals surface area contributed by atoms with Crippen molar-refractivity contribution in [2.45, 2.75) is 59.2 Å². The van der Waals surface area contributed by atoms with Crippen molar-refractivity contribution < 1.29 is 4.79 Å². The van der Waals surface area contributed by atoms with Crippen LogP contribution in [0.3, 0.4) is 0 Å². The van der Waals surface area contributed by atoms with Crippen LogP contribution in [-0.2, 0) is 6.54 Å². The predicted octanol–water partition coefficient (Wildman–Crippen LogP) is 6.12. The number of hydrogen-bond donors (Lipinski definition) is 1. The van der Waals surface area contributed by atoms with Gasteiger partial charge in [0.2, 0.25) is 0 Å². The third kappa shape index (κ3) is 4.14. The van der Waals surface area contributed by atoms with Gasteiger partial charge < -0.3 is 14.8 Å². The number of para-hydroxylation sites is 1. The summed E-state index contributed by atoms with van der Waals surface area (Å²) in [7, 11) is 0. The van der Waals surface area contributed by atoms with Crippen LogP contribution < -0.4 is 5.32 Å². The number of amides is 2. The van der Waals surface area contributed by atoms with Gasteiger partial charge >= 0.3 is 6.03 Å². The van der Waals surface area contributed by atoms with Crippen LogP contribution in [0.15, 0.2) is 72.9 Å². The average molecular weight is 468 g/mol. The van der Waals surface area contributed by atoms with Gasteiger partial charge in [-0.05, 0) is 62.1 Å². The van der Waals surface area contributed by atoms with Gasteiger partial charge in [-0.1, -0.05) is 56.3 Å². The summed E-state index contributed by atoms with van der Waals surface area (Å²) < 4.78 is 4.20. The Morgan fingerprint density at radius 1 is 0.971 bits per heavy atom. The number of carbonyl (C=O) groups excluding carboxylic acids is 1. The van der Waals surface area contributed by atoms with E-state index in [2.05, 4.69) is 78.5 Å². The molecule has 6 nitrogen and oxygen atoms in total. The highest BCUT2D eigenvalue weighted by molar-refractivity contribution is 5.76. The zero-order chi connectivity index (χ0) is 24.7. The van der Waals surface area contributed by atoms with E-state index in [0.29, 0.717) is 12.5 Å². The van der Waals surface area contributed by atoms with Crippen LogP contribution in [0.25, 0.3) is 11.5 Å². The van der Waals surface area contributed by atoms with Crippen molar-refractivity contribution in [3.63, 3.8) is 0 Å². The summed E-state index contributed by atoms with van der Waals surface area (Å²) in [5, 5.41) is 8.04. The highest BCUT2D eigenvalue weighted by atomic mass is 16.2. The fourth-order valence-corrected chi connectivity index (χ4v) is 4.89. The van der Waals surface area contributed by atoms with Crippen LogP contribution in [-0.4, -0.2) is 31.3 Å². The molecule has 0 bridgehead atoms. The quantitative estimate of drug-likeness (QED) is 0.393. The Morgan fingerprint density at radius 2 is 1.69 bits per heavy atom. The van der Waals surface area contributed by atoms with Crippen molar-refractivity contribution in [1.82, 2.24) is 24.6 Å². The van der Waals surface area contributed by atoms with Crippen LogP contribution >= 0.6 is 0 Å². The Hall–Kier alpha value is -3.80. The lowest BCUT2D eigenvalue weighted by Gasteiger charge is -2.32. The van der Waals surface area contributed by atoms with Gasteiger partial charge in [-0.2, -0.15) is 5.10 Å². The molecule has 0 aliphatic carbocycles. The molecule has 4 aromatic rings. The lowest BCUT2D eigenvalue weighted by molar-refractivity contribution is 0.178. The maximum absolute atomic E-state index is 13.6. The molecule has 35 heavy (non-hydrogen) atoms. The van der Waals surface area contributed by atoms with Gasteiger partial charge in [0.1, 0.15) is 5.82 Å². The number of urea groups is 1. The standard InChI is InChI=1S/C29H33N5O/c1-19(2)22-13-15-23(16-14-22)27-26-12-9-17-32(26)28-25(18-33(27)29(35)30-20(3)4)21(5)31-34(28)24-10-7-6-8-11-24/h6-17,19-20,27H,18H2,1-5H3,(H,30,35)/t27-/m0/s1. The monoisotopic (exact) mass is 467 g/mol. The summed E-state index contributed by atoms with van der Waals surface area (Å²) in [6, 6.07) is 22.8. The Balaban J connectivity index is 1.72. The fraction of sp³-hybridized carbons (Fsp3) is 0.310. The fourth-order valence-electron chi connectivity index (χ4n) is 4.89. The van der Waals surface area contributed by atoms with Gasteiger partial charge in [0, 0.05) is 17.8 Å². The molecular weight excluding hydrogens is 434 g/mol. The first-order valence-electron chi connectivity index (χ1n) is 12.3. The minimum absolute atomic E-state index is 0.0362. The Labute approximate surface area is 207 Å². The van der Waals surface area contributed by atoms with Gasteiger partial charge in [-0.3, -0.25) is 0 Å². The van der Waals surface area contributed by atoms with Crippen molar-refractivity contribution >= 4 is 6.03 Å². The Morgan fingerprint density at radius 3 is 2.34 bits per heavy atom. The smallest absolute Gasteiger partial charge is 0.318 e. The van der Waals surface area contributed by atoms with E-state index in [4.69, 9.17) is 5.10 Å². The number of nitrogens with zero attached hydrogens (tertiary/aromatic N) is 4. The van der Waals surface area contributed by atoms with Crippen molar-refractivity contribution in [3.05, 3.63) is 101 Å². The Kier molecular flexibility index (Phi) is 5.97. The first-order chi connectivity index (χ1) is 16.8. The normalized spacial score (nSPS) is 15.2. The third-order valence-electron chi connectivity index (χ3n) is 6.68. The molecule has 0 fully saturated rings. The number of nitrogens with one attached hydrogen (secondary N) is 1. The van der Waals surface area contributed by atoms with Crippen LogP contribution in [0.2, 0.25) is 0 Å². The summed E-state index contributed by atoms with van der Waals surface area (Å²) in [6.07, 6.45) is 2.08. The second-order valence-electron chi connectivity index (χ2n) is 9.89. The zero-order valence-electron chi connectivity index (χ0n) is 21.1. The van der Waals surface area contributed by atoms with Crippen molar-refractivity contribution in [1.29, 1.82) is 0 Å². The molecule has 2 aromatic carbocycles.